The predicted molar refractivity (Wildman–Crippen MR) is 63.6 cm³/mol. The van der Waals surface area contributed by atoms with Gasteiger partial charge >= 0.3 is 5.69 Å². The minimum absolute atomic E-state index is 0.287. The van der Waals surface area contributed by atoms with Crippen LogP contribution in [0.4, 0.5) is 5.00 Å². The lowest BCUT2D eigenvalue weighted by atomic mass is 9.95. The molecule has 0 radical (unpaired) electrons. The molecule has 4 N–H and O–H groups in total. The number of aryl methyl sites for hydroxylation is 1. The van der Waals surface area contributed by atoms with Crippen molar-refractivity contribution in [3.05, 3.63) is 20.9 Å². The zero-order valence-corrected chi connectivity index (χ0v) is 9.49. The van der Waals surface area contributed by atoms with E-state index in [0.29, 0.717) is 5.82 Å². The van der Waals surface area contributed by atoms with E-state index < -0.39 is 0 Å². The first-order valence-electron chi connectivity index (χ1n) is 5.31. The van der Waals surface area contributed by atoms with Crippen molar-refractivity contribution in [2.75, 3.05) is 5.73 Å². The van der Waals surface area contributed by atoms with Gasteiger partial charge in [-0.3, -0.25) is 4.98 Å². The molecule has 0 saturated carbocycles. The molecular weight excluding hydrogens is 224 g/mol. The number of aromatic amines is 2. The molecule has 0 spiro atoms. The summed E-state index contributed by atoms with van der Waals surface area (Å²) in [5, 5.41) is 7.10. The monoisotopic (exact) mass is 236 g/mol. The van der Waals surface area contributed by atoms with E-state index in [0.717, 1.165) is 23.4 Å². The minimum atomic E-state index is -0.287. The number of nitrogens with one attached hydrogen (secondary N) is 2. The van der Waals surface area contributed by atoms with Crippen LogP contribution in [0.1, 0.15) is 23.3 Å². The molecule has 16 heavy (non-hydrogen) atoms. The first-order chi connectivity index (χ1) is 7.75. The Morgan fingerprint density at radius 3 is 2.88 bits per heavy atom. The fraction of sp³-hybridized carbons (Fsp3) is 0.400. The smallest absolute Gasteiger partial charge is 0.340 e. The van der Waals surface area contributed by atoms with Crippen molar-refractivity contribution in [2.24, 2.45) is 0 Å². The Morgan fingerprint density at radius 1 is 1.31 bits per heavy atom. The Labute approximate surface area is 95.7 Å². The molecule has 0 aliphatic heterocycles. The highest BCUT2D eigenvalue weighted by Gasteiger charge is 2.22. The normalized spacial score (nSPS) is 15.0. The van der Waals surface area contributed by atoms with Crippen LogP contribution >= 0.6 is 11.3 Å². The van der Waals surface area contributed by atoms with Crippen LogP contribution in [0, 0.1) is 0 Å². The summed E-state index contributed by atoms with van der Waals surface area (Å²) in [5.74, 6) is 0.571. The molecule has 1 aliphatic rings. The topological polar surface area (TPSA) is 87.6 Å². The van der Waals surface area contributed by atoms with E-state index in [1.807, 2.05) is 0 Å². The highest BCUT2D eigenvalue weighted by atomic mass is 32.1. The summed E-state index contributed by atoms with van der Waals surface area (Å²) in [6.07, 6.45) is 4.54. The van der Waals surface area contributed by atoms with Crippen LogP contribution in [0.5, 0.6) is 0 Å². The van der Waals surface area contributed by atoms with E-state index >= 15 is 0 Å². The van der Waals surface area contributed by atoms with Crippen molar-refractivity contribution >= 4 is 16.3 Å². The second-order valence-electron chi connectivity index (χ2n) is 3.98. The lowest BCUT2D eigenvalue weighted by molar-refractivity contribution is 0.697. The van der Waals surface area contributed by atoms with Gasteiger partial charge in [-0.2, -0.15) is 5.10 Å². The first-order valence-corrected chi connectivity index (χ1v) is 6.12. The Hall–Kier alpha value is -1.56. The number of fused-ring (bicyclic) bond motifs is 1. The molecule has 0 aromatic carbocycles. The molecule has 0 unspecified atom stereocenters. The van der Waals surface area contributed by atoms with Gasteiger partial charge in [0.1, 0.15) is 0 Å². The van der Waals surface area contributed by atoms with Gasteiger partial charge in [-0.25, -0.2) is 9.89 Å². The van der Waals surface area contributed by atoms with Crippen LogP contribution in [0.2, 0.25) is 0 Å². The largest absolute Gasteiger partial charge is 0.390 e. The average Bonchev–Trinajstić information content (AvgIpc) is 2.80. The number of hydrogen-bond acceptors (Lipinski definition) is 4. The molecule has 0 saturated heterocycles. The maximum atomic E-state index is 11.1. The molecule has 1 aliphatic carbocycles. The summed E-state index contributed by atoms with van der Waals surface area (Å²) in [7, 11) is 0. The second kappa shape index (κ2) is 3.48. The molecule has 5 nitrogen and oxygen atoms in total. The second-order valence-corrected chi connectivity index (χ2v) is 5.11. The fourth-order valence-corrected chi connectivity index (χ4v) is 3.40. The van der Waals surface area contributed by atoms with Crippen molar-refractivity contribution in [3.8, 4) is 11.4 Å². The number of hydrogen-bond donors (Lipinski definition) is 3. The third-order valence-electron chi connectivity index (χ3n) is 2.94. The van der Waals surface area contributed by atoms with E-state index in [-0.39, 0.29) is 5.69 Å². The van der Waals surface area contributed by atoms with E-state index in [4.69, 9.17) is 5.73 Å². The van der Waals surface area contributed by atoms with Gasteiger partial charge in [-0.1, -0.05) is 0 Å². The molecule has 0 atom stereocenters. The van der Waals surface area contributed by atoms with E-state index in [1.54, 1.807) is 11.3 Å². The Kier molecular flexibility index (Phi) is 2.10. The molecule has 2 aromatic rings. The summed E-state index contributed by atoms with van der Waals surface area (Å²) < 4.78 is 0. The standard InChI is InChI=1S/C10H12N4OS/c11-8-7(9-12-10(15)14-13-9)5-3-1-2-4-6(5)16-8/h1-4,11H2,(H2,12,13,14,15). The fourth-order valence-electron chi connectivity index (χ4n) is 2.24. The molecule has 3 rings (SSSR count). The minimum Gasteiger partial charge on any atom is -0.390 e. The van der Waals surface area contributed by atoms with E-state index in [2.05, 4.69) is 15.2 Å². The van der Waals surface area contributed by atoms with Gasteiger partial charge in [-0.05, 0) is 31.2 Å². The molecule has 84 valence electrons. The third kappa shape index (κ3) is 1.37. The van der Waals surface area contributed by atoms with Gasteiger partial charge in [0.25, 0.3) is 0 Å². The molecule has 2 aromatic heterocycles. The Morgan fingerprint density at radius 2 is 2.12 bits per heavy atom. The summed E-state index contributed by atoms with van der Waals surface area (Å²) in [6, 6.07) is 0. The van der Waals surface area contributed by atoms with E-state index in [1.165, 1.54) is 23.3 Å². The van der Waals surface area contributed by atoms with Crippen molar-refractivity contribution in [1.82, 2.24) is 15.2 Å². The third-order valence-corrected chi connectivity index (χ3v) is 4.06. The highest BCUT2D eigenvalue weighted by molar-refractivity contribution is 7.16. The summed E-state index contributed by atoms with van der Waals surface area (Å²) in [6.45, 7) is 0. The van der Waals surface area contributed by atoms with Crippen LogP contribution in [0.15, 0.2) is 4.79 Å². The van der Waals surface area contributed by atoms with Gasteiger partial charge in [0, 0.05) is 4.88 Å². The first kappa shape index (κ1) is 9.65. The van der Waals surface area contributed by atoms with Crippen LogP contribution in [-0.2, 0) is 12.8 Å². The van der Waals surface area contributed by atoms with Crippen molar-refractivity contribution < 1.29 is 0 Å². The zero-order valence-electron chi connectivity index (χ0n) is 8.67. The van der Waals surface area contributed by atoms with E-state index in [9.17, 15) is 4.79 Å². The summed E-state index contributed by atoms with van der Waals surface area (Å²) >= 11 is 1.62. The number of rotatable bonds is 1. The van der Waals surface area contributed by atoms with Crippen LogP contribution in [0.3, 0.4) is 0 Å². The maximum absolute atomic E-state index is 11.1. The number of nitrogens with two attached hydrogens (primary N) is 1. The number of anilines is 1. The number of H-pyrrole nitrogens is 2. The van der Waals surface area contributed by atoms with Crippen LogP contribution in [0.25, 0.3) is 11.4 Å². The average molecular weight is 236 g/mol. The SMILES string of the molecule is Nc1sc2c(c1-c1n[nH]c(=O)[nH]1)CCCC2. The lowest BCUT2D eigenvalue weighted by Gasteiger charge is -2.11. The Balaban J connectivity index is 2.19. The molecule has 0 fully saturated rings. The number of aromatic nitrogens is 3. The van der Waals surface area contributed by atoms with Crippen LogP contribution in [-0.4, -0.2) is 15.2 Å². The predicted octanol–water partition coefficient (Wildman–Crippen LogP) is 1.29. The Bertz CT molecular complexity index is 580. The van der Waals surface area contributed by atoms with Gasteiger partial charge in [0.2, 0.25) is 0 Å². The number of nitrogens with zero attached hydrogens (tertiary/aromatic N) is 1. The molecular formula is C10H12N4OS. The van der Waals surface area contributed by atoms with Crippen molar-refractivity contribution in [3.63, 3.8) is 0 Å². The van der Waals surface area contributed by atoms with Crippen LogP contribution < -0.4 is 11.4 Å². The molecule has 6 heteroatoms. The number of nitrogen functional groups attached to an aromatic ring is 1. The molecule has 0 bridgehead atoms. The number of thiophene rings is 1. The zero-order chi connectivity index (χ0) is 11.1. The van der Waals surface area contributed by atoms with Crippen molar-refractivity contribution in [1.29, 1.82) is 0 Å². The highest BCUT2D eigenvalue weighted by Crippen LogP contribution is 2.40. The quantitative estimate of drug-likeness (QED) is 0.697. The molecule has 2 heterocycles. The van der Waals surface area contributed by atoms with Crippen molar-refractivity contribution in [2.45, 2.75) is 25.7 Å². The van der Waals surface area contributed by atoms with Gasteiger partial charge in [0.05, 0.1) is 10.6 Å². The lowest BCUT2D eigenvalue weighted by Crippen LogP contribution is -2.02. The van der Waals surface area contributed by atoms with Gasteiger partial charge in [0.15, 0.2) is 5.82 Å². The van der Waals surface area contributed by atoms with Gasteiger partial charge in [-0.15, -0.1) is 11.3 Å². The summed E-state index contributed by atoms with van der Waals surface area (Å²) in [5.41, 5.74) is 7.92. The molecule has 0 amide bonds. The van der Waals surface area contributed by atoms with Gasteiger partial charge < -0.3 is 5.73 Å². The maximum Gasteiger partial charge on any atom is 0.340 e. The summed E-state index contributed by atoms with van der Waals surface area (Å²) in [4.78, 5) is 15.1.